The first-order valence-electron chi connectivity index (χ1n) is 7.97. The Balaban J connectivity index is 1.87. The third-order valence-corrected chi connectivity index (χ3v) is 5.31. The number of imidazole rings is 1. The Hall–Kier alpha value is -2.34. The molecule has 0 saturated heterocycles. The molecule has 130 valence electrons. The first kappa shape index (κ1) is 17.5. The van der Waals surface area contributed by atoms with E-state index in [0.29, 0.717) is 16.9 Å². The highest BCUT2D eigenvalue weighted by Crippen LogP contribution is 2.24. The molecule has 3 aromatic rings. The Morgan fingerprint density at radius 1 is 1.24 bits per heavy atom. The first-order chi connectivity index (χ1) is 11.9. The van der Waals surface area contributed by atoms with Crippen molar-refractivity contribution < 1.29 is 9.18 Å². The quantitative estimate of drug-likeness (QED) is 0.506. The van der Waals surface area contributed by atoms with Gasteiger partial charge >= 0.3 is 0 Å². The van der Waals surface area contributed by atoms with Gasteiger partial charge in [0.05, 0.1) is 5.75 Å². The molecule has 0 aliphatic rings. The molecular weight excluding hydrogens is 337 g/mol. The molecule has 6 heteroatoms. The van der Waals surface area contributed by atoms with Crippen LogP contribution in [0.15, 0.2) is 41.8 Å². The van der Waals surface area contributed by atoms with Crippen molar-refractivity contribution in [3.63, 3.8) is 0 Å². The summed E-state index contributed by atoms with van der Waals surface area (Å²) in [6, 6.07) is 7.00. The van der Waals surface area contributed by atoms with Crippen molar-refractivity contribution in [2.45, 2.75) is 25.9 Å². The average molecular weight is 357 g/mol. The molecule has 25 heavy (non-hydrogen) atoms. The van der Waals surface area contributed by atoms with Gasteiger partial charge in [-0.25, -0.2) is 9.37 Å². The van der Waals surface area contributed by atoms with Crippen molar-refractivity contribution in [2.75, 3.05) is 5.75 Å². The van der Waals surface area contributed by atoms with Crippen LogP contribution in [0.2, 0.25) is 0 Å². The number of carbonyl (C=O) groups excluding carboxylic acids is 1. The Bertz CT molecular complexity index is 942. The number of ketones is 1. The molecule has 0 radical (unpaired) electrons. The lowest BCUT2D eigenvalue weighted by molar-refractivity contribution is 0.102. The van der Waals surface area contributed by atoms with Crippen LogP contribution in [-0.4, -0.2) is 25.7 Å². The van der Waals surface area contributed by atoms with E-state index in [1.807, 2.05) is 48.4 Å². The van der Waals surface area contributed by atoms with Crippen molar-refractivity contribution in [3.8, 4) is 5.69 Å². The minimum absolute atomic E-state index is 0.0416. The minimum atomic E-state index is -0.247. The highest BCUT2D eigenvalue weighted by Gasteiger charge is 2.18. The van der Waals surface area contributed by atoms with Crippen molar-refractivity contribution in [1.82, 2.24) is 14.1 Å². The van der Waals surface area contributed by atoms with Crippen molar-refractivity contribution in [1.29, 1.82) is 0 Å². The van der Waals surface area contributed by atoms with Crippen LogP contribution < -0.4 is 0 Å². The maximum Gasteiger partial charge on any atom is 0.175 e. The van der Waals surface area contributed by atoms with E-state index >= 15 is 0 Å². The standard InChI is InChI=1S/C19H20FN3OS/c1-12-5-6-15(10-17(12)20)23-13(2)9-16(14(23)3)18(24)11-25-19-21-7-8-22(19)4/h5-10H,11H2,1-4H3. The average Bonchev–Trinajstić information content (AvgIpc) is 3.11. The van der Waals surface area contributed by atoms with Gasteiger partial charge in [0.15, 0.2) is 10.9 Å². The fourth-order valence-electron chi connectivity index (χ4n) is 2.86. The van der Waals surface area contributed by atoms with Crippen LogP contribution >= 0.6 is 11.8 Å². The van der Waals surface area contributed by atoms with Gasteiger partial charge in [0.2, 0.25) is 0 Å². The molecule has 0 N–H and O–H groups in total. The third kappa shape index (κ3) is 3.39. The molecule has 0 unspecified atom stereocenters. The molecule has 0 aliphatic carbocycles. The molecule has 1 aromatic carbocycles. The number of thioether (sulfide) groups is 1. The molecule has 2 aromatic heterocycles. The number of aryl methyl sites for hydroxylation is 3. The van der Waals surface area contributed by atoms with Crippen LogP contribution in [0.4, 0.5) is 4.39 Å². The number of carbonyl (C=O) groups is 1. The van der Waals surface area contributed by atoms with Gasteiger partial charge in [-0.2, -0.15) is 0 Å². The number of hydrogen-bond acceptors (Lipinski definition) is 3. The van der Waals surface area contributed by atoms with Gasteiger partial charge in [-0.15, -0.1) is 0 Å². The summed E-state index contributed by atoms with van der Waals surface area (Å²) in [6.07, 6.45) is 3.56. The molecule has 0 aliphatic heterocycles. The highest BCUT2D eigenvalue weighted by atomic mass is 32.2. The van der Waals surface area contributed by atoms with E-state index in [9.17, 15) is 9.18 Å². The van der Waals surface area contributed by atoms with Crippen LogP contribution in [0.1, 0.15) is 27.3 Å². The zero-order valence-electron chi connectivity index (χ0n) is 14.7. The van der Waals surface area contributed by atoms with Crippen LogP contribution in [0.25, 0.3) is 5.69 Å². The molecule has 0 spiro atoms. The second kappa shape index (κ2) is 6.88. The smallest absolute Gasteiger partial charge is 0.175 e. The molecule has 0 bridgehead atoms. The number of Topliss-reactive ketones (excluding diaryl/α,β-unsaturated/α-hetero) is 1. The zero-order valence-corrected chi connectivity index (χ0v) is 15.5. The van der Waals surface area contributed by atoms with E-state index in [4.69, 9.17) is 0 Å². The van der Waals surface area contributed by atoms with Crippen LogP contribution in [0, 0.1) is 26.6 Å². The zero-order chi connectivity index (χ0) is 18.1. The minimum Gasteiger partial charge on any atom is -0.329 e. The van der Waals surface area contributed by atoms with Gasteiger partial charge in [0, 0.05) is 42.1 Å². The summed E-state index contributed by atoms with van der Waals surface area (Å²) in [6.45, 7) is 5.55. The van der Waals surface area contributed by atoms with Crippen LogP contribution in [0.3, 0.4) is 0 Å². The molecular formula is C19H20FN3OS. The second-order valence-corrected chi connectivity index (χ2v) is 7.03. The van der Waals surface area contributed by atoms with E-state index in [1.54, 1.807) is 19.2 Å². The highest BCUT2D eigenvalue weighted by molar-refractivity contribution is 7.99. The summed E-state index contributed by atoms with van der Waals surface area (Å²) in [7, 11) is 1.90. The van der Waals surface area contributed by atoms with Crippen molar-refractivity contribution in [3.05, 3.63) is 65.0 Å². The van der Waals surface area contributed by atoms with Crippen LogP contribution in [0.5, 0.6) is 0 Å². The summed E-state index contributed by atoms with van der Waals surface area (Å²) >= 11 is 1.41. The van der Waals surface area contributed by atoms with E-state index in [2.05, 4.69) is 4.98 Å². The largest absolute Gasteiger partial charge is 0.329 e. The van der Waals surface area contributed by atoms with Gasteiger partial charge in [-0.1, -0.05) is 17.8 Å². The molecule has 0 atom stereocenters. The summed E-state index contributed by atoms with van der Waals surface area (Å²) in [4.78, 5) is 16.9. The predicted octanol–water partition coefficient (Wildman–Crippen LogP) is 4.25. The van der Waals surface area contributed by atoms with E-state index < -0.39 is 0 Å². The maximum atomic E-state index is 13.9. The lowest BCUT2D eigenvalue weighted by Crippen LogP contribution is -2.06. The molecule has 4 nitrogen and oxygen atoms in total. The Morgan fingerprint density at radius 2 is 2.00 bits per heavy atom. The number of benzene rings is 1. The first-order valence-corrected chi connectivity index (χ1v) is 8.96. The Labute approximate surface area is 150 Å². The normalized spacial score (nSPS) is 11.1. The van der Waals surface area contributed by atoms with Crippen molar-refractivity contribution >= 4 is 17.5 Å². The number of aromatic nitrogens is 3. The fraction of sp³-hybridized carbons (Fsp3) is 0.263. The van der Waals surface area contributed by atoms with Gasteiger partial charge in [0.1, 0.15) is 5.82 Å². The molecule has 0 saturated carbocycles. The third-order valence-electron chi connectivity index (χ3n) is 4.25. The Morgan fingerprint density at radius 3 is 2.64 bits per heavy atom. The monoisotopic (exact) mass is 357 g/mol. The topological polar surface area (TPSA) is 39.8 Å². The molecule has 2 heterocycles. The summed E-state index contributed by atoms with van der Waals surface area (Å²) in [5.74, 6) is 0.111. The number of nitrogens with zero attached hydrogens (tertiary/aromatic N) is 3. The number of hydrogen-bond donors (Lipinski definition) is 0. The van der Waals surface area contributed by atoms with Gasteiger partial charge in [-0.05, 0) is 44.5 Å². The van der Waals surface area contributed by atoms with Gasteiger partial charge in [0.25, 0.3) is 0 Å². The van der Waals surface area contributed by atoms with E-state index in [0.717, 1.165) is 22.2 Å². The maximum absolute atomic E-state index is 13.9. The van der Waals surface area contributed by atoms with E-state index in [-0.39, 0.29) is 11.6 Å². The number of halogens is 1. The second-order valence-electron chi connectivity index (χ2n) is 6.09. The van der Waals surface area contributed by atoms with E-state index in [1.165, 1.54) is 17.8 Å². The number of rotatable bonds is 5. The lowest BCUT2D eigenvalue weighted by atomic mass is 10.2. The fourth-order valence-corrected chi connectivity index (χ4v) is 3.68. The lowest BCUT2D eigenvalue weighted by Gasteiger charge is -2.11. The predicted molar refractivity (Wildman–Crippen MR) is 98.2 cm³/mol. The Kier molecular flexibility index (Phi) is 4.81. The SMILES string of the molecule is Cc1ccc(-n2c(C)cc(C(=O)CSc3nccn3C)c2C)cc1F. The molecule has 3 rings (SSSR count). The molecule has 0 amide bonds. The van der Waals surface area contributed by atoms with Crippen molar-refractivity contribution in [2.24, 2.45) is 7.05 Å². The summed E-state index contributed by atoms with van der Waals surface area (Å²) in [5.41, 5.74) is 3.74. The summed E-state index contributed by atoms with van der Waals surface area (Å²) in [5, 5.41) is 0.808. The van der Waals surface area contributed by atoms with Gasteiger partial charge in [-0.3, -0.25) is 4.79 Å². The summed E-state index contributed by atoms with van der Waals surface area (Å²) < 4.78 is 17.7. The molecule has 0 fully saturated rings. The van der Waals surface area contributed by atoms with Crippen LogP contribution in [-0.2, 0) is 7.05 Å². The van der Waals surface area contributed by atoms with Gasteiger partial charge < -0.3 is 9.13 Å².